The second-order valence-corrected chi connectivity index (χ2v) is 5.10. The number of likely N-dealkylation sites (N-methyl/N-ethyl adjacent to an activating group) is 1. The Kier molecular flexibility index (Phi) is 7.39. The Hall–Kier alpha value is -1.40. The first-order chi connectivity index (χ1) is 10.0. The van der Waals surface area contributed by atoms with E-state index < -0.39 is 0 Å². The molecule has 0 bridgehead atoms. The van der Waals surface area contributed by atoms with Crippen LogP contribution in [0.15, 0.2) is 0 Å². The molecule has 1 rings (SSSR count). The lowest BCUT2D eigenvalue weighted by Gasteiger charge is -2.17. The van der Waals surface area contributed by atoms with Crippen molar-refractivity contribution in [2.24, 2.45) is 0 Å². The van der Waals surface area contributed by atoms with E-state index in [4.69, 9.17) is 4.74 Å². The average Bonchev–Trinajstić information content (AvgIpc) is 2.74. The standard InChI is InChI=1S/C15H28N4O2/c1-6-18(7-2)11-15(20)16-10-14-12(3)17-19(13(14)4)8-9-21-5/h6-11H2,1-5H3,(H,16,20). The third-order valence-electron chi connectivity index (χ3n) is 3.76. The number of aromatic nitrogens is 2. The molecular formula is C15H28N4O2. The van der Waals surface area contributed by atoms with Crippen LogP contribution >= 0.6 is 0 Å². The lowest BCUT2D eigenvalue weighted by Crippen LogP contribution is -2.36. The van der Waals surface area contributed by atoms with Gasteiger partial charge in [0, 0.05) is 24.9 Å². The topological polar surface area (TPSA) is 59.4 Å². The van der Waals surface area contributed by atoms with Crippen LogP contribution in [0, 0.1) is 13.8 Å². The molecule has 0 unspecified atom stereocenters. The highest BCUT2D eigenvalue weighted by Gasteiger charge is 2.13. The number of methoxy groups -OCH3 is 1. The van der Waals surface area contributed by atoms with E-state index in [9.17, 15) is 4.79 Å². The highest BCUT2D eigenvalue weighted by molar-refractivity contribution is 5.78. The van der Waals surface area contributed by atoms with Gasteiger partial charge in [0.15, 0.2) is 0 Å². The Morgan fingerprint density at radius 1 is 1.33 bits per heavy atom. The first-order valence-corrected chi connectivity index (χ1v) is 7.54. The van der Waals surface area contributed by atoms with Crippen molar-refractivity contribution in [1.29, 1.82) is 0 Å². The third kappa shape index (κ3) is 5.13. The molecule has 0 saturated heterocycles. The number of nitrogens with zero attached hydrogens (tertiary/aromatic N) is 3. The zero-order valence-electron chi connectivity index (χ0n) is 13.9. The molecule has 1 aromatic rings. The molecule has 0 saturated carbocycles. The molecule has 0 aromatic carbocycles. The van der Waals surface area contributed by atoms with Gasteiger partial charge in [-0.15, -0.1) is 0 Å². The third-order valence-corrected chi connectivity index (χ3v) is 3.76. The summed E-state index contributed by atoms with van der Waals surface area (Å²) in [6.07, 6.45) is 0. The largest absolute Gasteiger partial charge is 0.383 e. The van der Waals surface area contributed by atoms with Crippen LogP contribution in [0.4, 0.5) is 0 Å². The second kappa shape index (κ2) is 8.79. The van der Waals surface area contributed by atoms with E-state index in [1.807, 2.05) is 18.5 Å². The van der Waals surface area contributed by atoms with Crippen LogP contribution in [0.2, 0.25) is 0 Å². The molecule has 0 spiro atoms. The molecule has 0 fully saturated rings. The van der Waals surface area contributed by atoms with Crippen molar-refractivity contribution in [2.45, 2.75) is 40.8 Å². The normalized spacial score (nSPS) is 11.1. The van der Waals surface area contributed by atoms with Gasteiger partial charge >= 0.3 is 0 Å². The fourth-order valence-electron chi connectivity index (χ4n) is 2.28. The van der Waals surface area contributed by atoms with E-state index in [0.717, 1.165) is 36.6 Å². The van der Waals surface area contributed by atoms with E-state index >= 15 is 0 Å². The van der Waals surface area contributed by atoms with Gasteiger partial charge in [0.2, 0.25) is 5.91 Å². The van der Waals surface area contributed by atoms with Crippen molar-refractivity contribution in [3.63, 3.8) is 0 Å². The molecule has 0 atom stereocenters. The molecule has 1 heterocycles. The maximum absolute atomic E-state index is 11.9. The Balaban J connectivity index is 2.59. The summed E-state index contributed by atoms with van der Waals surface area (Å²) in [5.41, 5.74) is 3.15. The van der Waals surface area contributed by atoms with Gasteiger partial charge in [0.05, 0.1) is 25.4 Å². The predicted molar refractivity (Wildman–Crippen MR) is 83.2 cm³/mol. The molecule has 120 valence electrons. The number of carbonyl (C=O) groups is 1. The van der Waals surface area contributed by atoms with Crippen LogP contribution in [-0.2, 0) is 22.6 Å². The van der Waals surface area contributed by atoms with Crippen molar-refractivity contribution >= 4 is 5.91 Å². The Morgan fingerprint density at radius 3 is 2.57 bits per heavy atom. The highest BCUT2D eigenvalue weighted by Crippen LogP contribution is 2.12. The number of rotatable bonds is 9. The van der Waals surface area contributed by atoms with Gasteiger partial charge in [-0.2, -0.15) is 5.10 Å². The summed E-state index contributed by atoms with van der Waals surface area (Å²) in [6.45, 7) is 12.2. The number of nitrogens with one attached hydrogen (secondary N) is 1. The molecule has 6 heteroatoms. The van der Waals surface area contributed by atoms with E-state index in [0.29, 0.717) is 19.7 Å². The van der Waals surface area contributed by atoms with Crippen molar-refractivity contribution < 1.29 is 9.53 Å². The molecule has 21 heavy (non-hydrogen) atoms. The minimum Gasteiger partial charge on any atom is -0.383 e. The summed E-state index contributed by atoms with van der Waals surface area (Å²) in [5, 5.41) is 7.48. The zero-order valence-corrected chi connectivity index (χ0v) is 13.9. The quantitative estimate of drug-likeness (QED) is 0.741. The SMILES string of the molecule is CCN(CC)CC(=O)NCc1c(C)nn(CCOC)c1C. The van der Waals surface area contributed by atoms with Crippen LogP contribution in [0.5, 0.6) is 0 Å². The summed E-state index contributed by atoms with van der Waals surface area (Å²) < 4.78 is 7.02. The van der Waals surface area contributed by atoms with Crippen LogP contribution < -0.4 is 5.32 Å². The summed E-state index contributed by atoms with van der Waals surface area (Å²) in [6, 6.07) is 0. The van der Waals surface area contributed by atoms with Crippen molar-refractivity contribution in [3.05, 3.63) is 17.0 Å². The Morgan fingerprint density at radius 2 is 2.00 bits per heavy atom. The van der Waals surface area contributed by atoms with E-state index in [1.165, 1.54) is 0 Å². The van der Waals surface area contributed by atoms with Gasteiger partial charge < -0.3 is 10.1 Å². The van der Waals surface area contributed by atoms with Gasteiger partial charge in [-0.25, -0.2) is 0 Å². The Bertz CT molecular complexity index is 453. The van der Waals surface area contributed by atoms with Crippen LogP contribution in [0.25, 0.3) is 0 Å². The lowest BCUT2D eigenvalue weighted by atomic mass is 10.2. The summed E-state index contributed by atoms with van der Waals surface area (Å²) in [7, 11) is 1.68. The first-order valence-electron chi connectivity index (χ1n) is 7.54. The number of ether oxygens (including phenoxy) is 1. The summed E-state index contributed by atoms with van der Waals surface area (Å²) in [5.74, 6) is 0.0575. The number of amides is 1. The van der Waals surface area contributed by atoms with Crippen molar-refractivity contribution in [1.82, 2.24) is 20.0 Å². The van der Waals surface area contributed by atoms with Crippen LogP contribution in [0.1, 0.15) is 30.8 Å². The number of hydrogen-bond donors (Lipinski definition) is 1. The first kappa shape index (κ1) is 17.7. The maximum Gasteiger partial charge on any atom is 0.234 e. The minimum atomic E-state index is 0.0575. The molecule has 1 amide bonds. The molecule has 1 N–H and O–H groups in total. The molecule has 6 nitrogen and oxygen atoms in total. The highest BCUT2D eigenvalue weighted by atomic mass is 16.5. The molecule has 0 radical (unpaired) electrons. The summed E-state index contributed by atoms with van der Waals surface area (Å²) >= 11 is 0. The lowest BCUT2D eigenvalue weighted by molar-refractivity contribution is -0.122. The van der Waals surface area contributed by atoms with Crippen LogP contribution in [0.3, 0.4) is 0 Å². The molecule has 1 aromatic heterocycles. The van der Waals surface area contributed by atoms with Gasteiger partial charge in [0.25, 0.3) is 0 Å². The average molecular weight is 296 g/mol. The number of hydrogen-bond acceptors (Lipinski definition) is 4. The van der Waals surface area contributed by atoms with E-state index in [2.05, 4.69) is 29.2 Å². The van der Waals surface area contributed by atoms with Gasteiger partial charge in [-0.3, -0.25) is 14.4 Å². The van der Waals surface area contributed by atoms with Crippen molar-refractivity contribution in [3.8, 4) is 0 Å². The molecular weight excluding hydrogens is 268 g/mol. The molecule has 0 aliphatic rings. The maximum atomic E-state index is 11.9. The Labute approximate surface area is 127 Å². The fraction of sp³-hybridized carbons (Fsp3) is 0.733. The molecule has 0 aliphatic heterocycles. The monoisotopic (exact) mass is 296 g/mol. The van der Waals surface area contributed by atoms with E-state index in [-0.39, 0.29) is 5.91 Å². The minimum absolute atomic E-state index is 0.0575. The smallest absolute Gasteiger partial charge is 0.234 e. The number of carbonyl (C=O) groups excluding carboxylic acids is 1. The predicted octanol–water partition coefficient (Wildman–Crippen LogP) is 1.10. The van der Waals surface area contributed by atoms with Crippen molar-refractivity contribution in [2.75, 3.05) is 33.4 Å². The second-order valence-electron chi connectivity index (χ2n) is 5.10. The van der Waals surface area contributed by atoms with Gasteiger partial charge in [-0.1, -0.05) is 13.8 Å². The molecule has 0 aliphatic carbocycles. The fourth-order valence-corrected chi connectivity index (χ4v) is 2.28. The van der Waals surface area contributed by atoms with Gasteiger partial charge in [-0.05, 0) is 26.9 Å². The number of aryl methyl sites for hydroxylation is 1. The van der Waals surface area contributed by atoms with E-state index in [1.54, 1.807) is 7.11 Å². The summed E-state index contributed by atoms with van der Waals surface area (Å²) in [4.78, 5) is 14.0. The van der Waals surface area contributed by atoms with Gasteiger partial charge in [0.1, 0.15) is 0 Å². The van der Waals surface area contributed by atoms with Crippen LogP contribution in [-0.4, -0.2) is 53.9 Å². The zero-order chi connectivity index (χ0) is 15.8.